The Morgan fingerprint density at radius 1 is 1.14 bits per heavy atom. The number of aromatic nitrogens is 3. The highest BCUT2D eigenvalue weighted by molar-refractivity contribution is 7.92. The van der Waals surface area contributed by atoms with Gasteiger partial charge in [0.25, 0.3) is 15.9 Å². The van der Waals surface area contributed by atoms with E-state index >= 15 is 0 Å². The summed E-state index contributed by atoms with van der Waals surface area (Å²) in [4.78, 5) is 23.4. The Kier molecular flexibility index (Phi) is 5.57. The molecule has 0 radical (unpaired) electrons. The van der Waals surface area contributed by atoms with E-state index in [1.165, 1.54) is 38.6 Å². The average molecular weight is 419 g/mol. The number of hydrogen-bond donors (Lipinski definition) is 1. The Morgan fingerprint density at radius 2 is 1.86 bits per heavy atom. The first kappa shape index (κ1) is 19.7. The number of nitrogens with one attached hydrogen (secondary N) is 1. The minimum atomic E-state index is -4.07. The smallest absolute Gasteiger partial charge is 0.265 e. The lowest BCUT2D eigenvalue weighted by Gasteiger charge is -2.13. The van der Waals surface area contributed by atoms with Crippen molar-refractivity contribution < 1.29 is 17.9 Å². The predicted molar refractivity (Wildman–Crippen MR) is 104 cm³/mol. The third kappa shape index (κ3) is 4.10. The summed E-state index contributed by atoms with van der Waals surface area (Å²) in [6.45, 7) is 1.45. The lowest BCUT2D eigenvalue weighted by Crippen LogP contribution is -2.16. The fraction of sp³-hybridized carbons (Fsp3) is 0.111. The number of nitrogens with zero attached hydrogens (tertiary/aromatic N) is 3. The fourth-order valence-corrected chi connectivity index (χ4v) is 3.75. The molecular formula is C18H15ClN4O4S. The van der Waals surface area contributed by atoms with Crippen LogP contribution in [0.4, 0.5) is 5.82 Å². The van der Waals surface area contributed by atoms with E-state index in [2.05, 4.69) is 19.7 Å². The second-order valence-corrected chi connectivity index (χ2v) is 7.68. The number of carbonyl (C=O) groups excluding carboxylic acids is 1. The quantitative estimate of drug-likeness (QED) is 0.611. The Balaban J connectivity index is 2.03. The maximum absolute atomic E-state index is 13.0. The molecule has 0 aliphatic heterocycles. The van der Waals surface area contributed by atoms with Crippen molar-refractivity contribution in [2.24, 2.45) is 0 Å². The van der Waals surface area contributed by atoms with E-state index in [4.69, 9.17) is 16.3 Å². The zero-order valence-corrected chi connectivity index (χ0v) is 16.5. The van der Waals surface area contributed by atoms with Crippen LogP contribution in [-0.4, -0.2) is 36.3 Å². The van der Waals surface area contributed by atoms with Crippen LogP contribution >= 0.6 is 11.6 Å². The normalized spacial score (nSPS) is 11.1. The zero-order valence-electron chi connectivity index (χ0n) is 14.9. The molecule has 0 saturated heterocycles. The molecule has 8 nitrogen and oxygen atoms in total. The molecule has 1 N–H and O–H groups in total. The molecule has 2 aromatic heterocycles. The maximum atomic E-state index is 13.0. The third-order valence-corrected chi connectivity index (χ3v) is 5.31. The molecule has 2 heterocycles. The van der Waals surface area contributed by atoms with Gasteiger partial charge < -0.3 is 4.74 Å². The molecule has 1 aromatic carbocycles. The molecule has 0 unspecified atom stereocenters. The van der Waals surface area contributed by atoms with Crippen LogP contribution in [0, 0.1) is 0 Å². The van der Waals surface area contributed by atoms with Crippen molar-refractivity contribution in [1.29, 1.82) is 0 Å². The van der Waals surface area contributed by atoms with Crippen LogP contribution in [0.3, 0.4) is 0 Å². The maximum Gasteiger partial charge on any atom is 0.265 e. The second kappa shape index (κ2) is 7.91. The summed E-state index contributed by atoms with van der Waals surface area (Å²) in [5.74, 6) is -0.253. The minimum Gasteiger partial charge on any atom is -0.478 e. The van der Waals surface area contributed by atoms with Crippen molar-refractivity contribution in [3.63, 3.8) is 0 Å². The van der Waals surface area contributed by atoms with E-state index in [1.54, 1.807) is 24.3 Å². The fourth-order valence-electron chi connectivity index (χ4n) is 2.43. The summed E-state index contributed by atoms with van der Waals surface area (Å²) >= 11 is 5.76. The molecule has 0 aliphatic carbocycles. The molecule has 3 rings (SSSR count). The molecule has 0 atom stereocenters. The van der Waals surface area contributed by atoms with Crippen LogP contribution in [0.25, 0.3) is 11.3 Å². The summed E-state index contributed by atoms with van der Waals surface area (Å²) in [6.07, 6.45) is 2.68. The Bertz CT molecular complexity index is 1130. The van der Waals surface area contributed by atoms with Crippen LogP contribution in [0.15, 0.2) is 53.7 Å². The SMILES string of the molecule is COc1nc(Cl)cnc1NS(=O)(=O)c1cccnc1-c1ccc(C(C)=O)cc1. The number of ether oxygens (including phenoxy) is 1. The second-order valence-electron chi connectivity index (χ2n) is 5.64. The number of carbonyl (C=O) groups is 1. The monoisotopic (exact) mass is 418 g/mol. The third-order valence-electron chi connectivity index (χ3n) is 3.76. The molecule has 0 aliphatic rings. The molecular weight excluding hydrogens is 404 g/mol. The van der Waals surface area contributed by atoms with Gasteiger partial charge in [0, 0.05) is 17.3 Å². The van der Waals surface area contributed by atoms with Crippen molar-refractivity contribution in [2.75, 3.05) is 11.8 Å². The Labute approximate surface area is 166 Å². The van der Waals surface area contributed by atoms with E-state index in [-0.39, 0.29) is 33.2 Å². The molecule has 28 heavy (non-hydrogen) atoms. The first-order valence-electron chi connectivity index (χ1n) is 7.97. The number of halogens is 1. The highest BCUT2D eigenvalue weighted by Crippen LogP contribution is 2.29. The van der Waals surface area contributed by atoms with Gasteiger partial charge >= 0.3 is 0 Å². The molecule has 0 amide bonds. The number of rotatable bonds is 6. The van der Waals surface area contributed by atoms with Gasteiger partial charge in [-0.05, 0) is 19.1 Å². The van der Waals surface area contributed by atoms with Gasteiger partial charge in [0.15, 0.2) is 10.9 Å². The number of anilines is 1. The molecule has 0 spiro atoms. The predicted octanol–water partition coefficient (Wildman–Crippen LogP) is 3.20. The standard InChI is InChI=1S/C18H15ClN4O4S/c1-11(24)12-5-7-13(8-6-12)16-14(4-3-9-20-16)28(25,26)23-17-18(27-2)22-15(19)10-21-17/h3-10H,1-2H3,(H,21,23). The van der Waals surface area contributed by atoms with Crippen molar-refractivity contribution in [1.82, 2.24) is 15.0 Å². The summed E-state index contributed by atoms with van der Waals surface area (Å²) in [5.41, 5.74) is 1.29. The first-order chi connectivity index (χ1) is 13.3. The van der Waals surface area contributed by atoms with E-state index in [9.17, 15) is 13.2 Å². The number of ketones is 1. The Hall–Kier alpha value is -3.04. The van der Waals surface area contributed by atoms with Crippen molar-refractivity contribution >= 4 is 33.2 Å². The summed E-state index contributed by atoms with van der Waals surface area (Å²) in [6, 6.07) is 9.43. The van der Waals surface area contributed by atoms with E-state index < -0.39 is 10.0 Å². The summed E-state index contributed by atoms with van der Waals surface area (Å²) < 4.78 is 33.3. The van der Waals surface area contributed by atoms with Crippen molar-refractivity contribution in [3.8, 4) is 17.1 Å². The lowest BCUT2D eigenvalue weighted by molar-refractivity contribution is 0.101. The number of sulfonamides is 1. The lowest BCUT2D eigenvalue weighted by atomic mass is 10.1. The van der Waals surface area contributed by atoms with Crippen LogP contribution in [0.1, 0.15) is 17.3 Å². The molecule has 0 bridgehead atoms. The molecule has 3 aromatic rings. The first-order valence-corrected chi connectivity index (χ1v) is 9.83. The minimum absolute atomic E-state index is 0.0624. The largest absolute Gasteiger partial charge is 0.478 e. The van der Waals surface area contributed by atoms with E-state index in [0.29, 0.717) is 11.1 Å². The van der Waals surface area contributed by atoms with Crippen LogP contribution in [-0.2, 0) is 10.0 Å². The topological polar surface area (TPSA) is 111 Å². The number of Topliss-reactive ketones (excluding diaryl/α,β-unsaturated/α-hetero) is 1. The van der Waals surface area contributed by atoms with Gasteiger partial charge in [-0.1, -0.05) is 35.9 Å². The van der Waals surface area contributed by atoms with Crippen molar-refractivity contribution in [3.05, 3.63) is 59.5 Å². The van der Waals surface area contributed by atoms with Gasteiger partial charge in [-0.15, -0.1) is 0 Å². The van der Waals surface area contributed by atoms with Crippen LogP contribution in [0.5, 0.6) is 5.88 Å². The van der Waals surface area contributed by atoms with Crippen molar-refractivity contribution in [2.45, 2.75) is 11.8 Å². The molecule has 144 valence electrons. The van der Waals surface area contributed by atoms with Gasteiger partial charge in [0.05, 0.1) is 19.0 Å². The van der Waals surface area contributed by atoms with Gasteiger partial charge in [-0.3, -0.25) is 14.5 Å². The number of methoxy groups -OCH3 is 1. The van der Waals surface area contributed by atoms with Gasteiger partial charge in [0.1, 0.15) is 4.90 Å². The van der Waals surface area contributed by atoms with Gasteiger partial charge in [-0.25, -0.2) is 13.4 Å². The molecule has 0 fully saturated rings. The number of hydrogen-bond acceptors (Lipinski definition) is 7. The number of pyridine rings is 1. The zero-order chi connectivity index (χ0) is 20.3. The summed E-state index contributed by atoms with van der Waals surface area (Å²) in [5, 5.41) is 0.0624. The van der Waals surface area contributed by atoms with E-state index in [0.717, 1.165) is 0 Å². The van der Waals surface area contributed by atoms with Crippen LogP contribution in [0.2, 0.25) is 5.15 Å². The highest BCUT2D eigenvalue weighted by atomic mass is 35.5. The van der Waals surface area contributed by atoms with E-state index in [1.807, 2.05) is 0 Å². The summed E-state index contributed by atoms with van der Waals surface area (Å²) in [7, 11) is -2.75. The average Bonchev–Trinajstić information content (AvgIpc) is 2.69. The van der Waals surface area contributed by atoms with Gasteiger partial charge in [-0.2, -0.15) is 4.98 Å². The molecule has 10 heteroatoms. The highest BCUT2D eigenvalue weighted by Gasteiger charge is 2.23. The van der Waals surface area contributed by atoms with Crippen LogP contribution < -0.4 is 9.46 Å². The Morgan fingerprint density at radius 3 is 2.50 bits per heavy atom. The van der Waals surface area contributed by atoms with Gasteiger partial charge in [0.2, 0.25) is 5.82 Å². The molecule has 0 saturated carbocycles. The number of benzene rings is 1.